The summed E-state index contributed by atoms with van der Waals surface area (Å²) in [6, 6.07) is 7.36. The van der Waals surface area contributed by atoms with E-state index in [2.05, 4.69) is 4.99 Å². The first-order chi connectivity index (χ1) is 9.84. The van der Waals surface area contributed by atoms with Gasteiger partial charge in [0, 0.05) is 27.9 Å². The molecule has 4 heteroatoms. The number of benzene rings is 1. The van der Waals surface area contributed by atoms with Crippen molar-refractivity contribution in [1.82, 2.24) is 0 Å². The van der Waals surface area contributed by atoms with Crippen LogP contribution < -0.4 is 0 Å². The van der Waals surface area contributed by atoms with Gasteiger partial charge in [0.1, 0.15) is 5.78 Å². The second-order valence-corrected chi connectivity index (χ2v) is 5.80. The Hall–Kier alpha value is -1.74. The number of ketones is 2. The fourth-order valence-corrected chi connectivity index (χ4v) is 3.35. The molecule has 0 radical (unpaired) electrons. The van der Waals surface area contributed by atoms with Gasteiger partial charge < -0.3 is 0 Å². The summed E-state index contributed by atoms with van der Waals surface area (Å²) in [5, 5.41) is 0.565. The lowest BCUT2D eigenvalue weighted by atomic mass is 9.73. The van der Waals surface area contributed by atoms with Crippen LogP contribution in [0.15, 0.2) is 40.5 Å². The molecule has 0 N–H and O–H groups in total. The smallest absolute Gasteiger partial charge is 0.158 e. The summed E-state index contributed by atoms with van der Waals surface area (Å²) < 4.78 is 0. The molecule has 21 heavy (non-hydrogen) atoms. The van der Waals surface area contributed by atoms with E-state index >= 15 is 0 Å². The third-order valence-corrected chi connectivity index (χ3v) is 4.23. The normalized spacial score (nSPS) is 22.0. The van der Waals surface area contributed by atoms with E-state index in [-0.39, 0.29) is 17.5 Å². The van der Waals surface area contributed by atoms with Crippen molar-refractivity contribution in [2.24, 2.45) is 10.9 Å². The van der Waals surface area contributed by atoms with Crippen molar-refractivity contribution in [3.63, 3.8) is 0 Å². The van der Waals surface area contributed by atoms with E-state index in [1.165, 1.54) is 13.8 Å². The van der Waals surface area contributed by atoms with Gasteiger partial charge in [0.2, 0.25) is 0 Å². The molecule has 3 nitrogen and oxygen atoms in total. The second kappa shape index (κ2) is 5.94. The van der Waals surface area contributed by atoms with E-state index in [0.29, 0.717) is 16.3 Å². The Labute approximate surface area is 129 Å². The third-order valence-electron chi connectivity index (χ3n) is 3.89. The first-order valence-corrected chi connectivity index (χ1v) is 7.24. The average Bonchev–Trinajstić information content (AvgIpc) is 2.37. The van der Waals surface area contributed by atoms with Crippen LogP contribution in [0.3, 0.4) is 0 Å². The Morgan fingerprint density at radius 1 is 1.14 bits per heavy atom. The van der Waals surface area contributed by atoms with Crippen LogP contribution >= 0.6 is 11.6 Å². The van der Waals surface area contributed by atoms with Gasteiger partial charge in [0.15, 0.2) is 5.78 Å². The Kier molecular flexibility index (Phi) is 4.43. The molecule has 0 fully saturated rings. The van der Waals surface area contributed by atoms with E-state index in [4.69, 9.17) is 11.6 Å². The summed E-state index contributed by atoms with van der Waals surface area (Å²) in [6.07, 6.45) is 0. The summed E-state index contributed by atoms with van der Waals surface area (Å²) in [5.74, 6) is -0.869. The van der Waals surface area contributed by atoms with Crippen LogP contribution in [-0.2, 0) is 9.59 Å². The van der Waals surface area contributed by atoms with Crippen molar-refractivity contribution < 1.29 is 9.59 Å². The highest BCUT2D eigenvalue weighted by Crippen LogP contribution is 2.41. The highest BCUT2D eigenvalue weighted by atomic mass is 35.5. The molecule has 0 amide bonds. The number of carbonyl (C=O) groups excluding carboxylic acids is 2. The summed E-state index contributed by atoms with van der Waals surface area (Å²) in [4.78, 5) is 28.6. The van der Waals surface area contributed by atoms with Gasteiger partial charge in [-0.15, -0.1) is 0 Å². The van der Waals surface area contributed by atoms with Crippen molar-refractivity contribution in [1.29, 1.82) is 0 Å². The van der Waals surface area contributed by atoms with E-state index in [1.54, 1.807) is 13.0 Å². The number of carbonyl (C=O) groups is 2. The first kappa shape index (κ1) is 15.6. The maximum absolute atomic E-state index is 12.1. The summed E-state index contributed by atoms with van der Waals surface area (Å²) >= 11 is 6.31. The number of nitrogens with zero attached hydrogens (tertiary/aromatic N) is 1. The lowest BCUT2D eigenvalue weighted by Gasteiger charge is -2.32. The fraction of sp³-hybridized carbons (Fsp3) is 0.353. The molecule has 0 saturated heterocycles. The molecule has 0 aliphatic carbocycles. The van der Waals surface area contributed by atoms with Gasteiger partial charge >= 0.3 is 0 Å². The Balaban J connectivity index is 2.72. The topological polar surface area (TPSA) is 46.5 Å². The van der Waals surface area contributed by atoms with Gasteiger partial charge in [-0.2, -0.15) is 0 Å². The second-order valence-electron chi connectivity index (χ2n) is 5.40. The lowest BCUT2D eigenvalue weighted by Crippen LogP contribution is -2.33. The zero-order chi connectivity index (χ0) is 15.7. The van der Waals surface area contributed by atoms with Crippen LogP contribution in [0.25, 0.3) is 0 Å². The lowest BCUT2D eigenvalue weighted by molar-refractivity contribution is -0.119. The van der Waals surface area contributed by atoms with E-state index in [1.807, 2.05) is 25.1 Å². The van der Waals surface area contributed by atoms with Crippen LogP contribution in [-0.4, -0.2) is 17.3 Å². The monoisotopic (exact) mass is 303 g/mol. The van der Waals surface area contributed by atoms with Gasteiger partial charge in [-0.3, -0.25) is 14.6 Å². The molecule has 1 aromatic carbocycles. The molecule has 1 aromatic rings. The van der Waals surface area contributed by atoms with Gasteiger partial charge in [0.25, 0.3) is 0 Å². The predicted molar refractivity (Wildman–Crippen MR) is 84.9 cm³/mol. The minimum atomic E-state index is -0.438. The summed E-state index contributed by atoms with van der Waals surface area (Å²) in [6.45, 7) is 6.68. The molecule has 0 bridgehead atoms. The van der Waals surface area contributed by atoms with Crippen molar-refractivity contribution in [2.45, 2.75) is 33.6 Å². The molecule has 2 rings (SSSR count). The number of Topliss-reactive ketones (excluding diaryl/α,β-unsaturated/α-hetero) is 2. The molecule has 0 saturated carbocycles. The average molecular weight is 304 g/mol. The Bertz CT molecular complexity index is 673. The molecule has 0 spiro atoms. The quantitative estimate of drug-likeness (QED) is 0.848. The van der Waals surface area contributed by atoms with Crippen molar-refractivity contribution in [2.75, 3.05) is 0 Å². The molecule has 1 aliphatic heterocycles. The largest absolute Gasteiger partial charge is 0.299 e. The van der Waals surface area contributed by atoms with Gasteiger partial charge in [-0.25, -0.2) is 0 Å². The maximum atomic E-state index is 12.1. The minimum absolute atomic E-state index is 0.00702. The van der Waals surface area contributed by atoms with Gasteiger partial charge in [-0.1, -0.05) is 29.8 Å². The number of aliphatic imine (C=N–C) groups is 1. The number of rotatable bonds is 3. The van der Waals surface area contributed by atoms with Crippen molar-refractivity contribution >= 4 is 28.9 Å². The molecule has 2 atom stereocenters. The molecule has 1 heterocycles. The Morgan fingerprint density at radius 2 is 1.76 bits per heavy atom. The van der Waals surface area contributed by atoms with Crippen LogP contribution in [0.4, 0.5) is 0 Å². The number of allylic oxidation sites excluding steroid dienone is 2. The van der Waals surface area contributed by atoms with E-state index in [0.717, 1.165) is 11.3 Å². The number of hydrogen-bond donors (Lipinski definition) is 0. The molecule has 2 unspecified atom stereocenters. The zero-order valence-electron chi connectivity index (χ0n) is 12.6. The number of hydrogen-bond acceptors (Lipinski definition) is 3. The minimum Gasteiger partial charge on any atom is -0.299 e. The Morgan fingerprint density at radius 3 is 2.29 bits per heavy atom. The summed E-state index contributed by atoms with van der Waals surface area (Å²) in [7, 11) is 0. The standard InChI is InChI=1S/C17H18ClNO2/c1-9-15(11(3)20)17(13-7-5-6-8-14(13)18)16(12(4)21)10(2)19-9/h5-8,15,17H,1-4H3. The maximum Gasteiger partial charge on any atom is 0.158 e. The molecular formula is C17H18ClNO2. The molecular weight excluding hydrogens is 286 g/mol. The first-order valence-electron chi connectivity index (χ1n) is 6.86. The van der Waals surface area contributed by atoms with Crippen LogP contribution in [0, 0.1) is 5.92 Å². The van der Waals surface area contributed by atoms with Crippen molar-refractivity contribution in [3.8, 4) is 0 Å². The molecule has 1 aliphatic rings. The highest BCUT2D eigenvalue weighted by molar-refractivity contribution is 6.31. The SMILES string of the molecule is CC(=O)C1=C(C)N=C(C)C(C(C)=O)C1c1ccccc1Cl. The zero-order valence-corrected chi connectivity index (χ0v) is 13.4. The van der Waals surface area contributed by atoms with Crippen molar-refractivity contribution in [3.05, 3.63) is 46.1 Å². The van der Waals surface area contributed by atoms with Gasteiger partial charge in [-0.05, 0) is 39.3 Å². The van der Waals surface area contributed by atoms with Crippen LogP contribution in [0.2, 0.25) is 5.02 Å². The number of halogens is 1. The predicted octanol–water partition coefficient (Wildman–Crippen LogP) is 3.97. The van der Waals surface area contributed by atoms with E-state index in [9.17, 15) is 9.59 Å². The summed E-state index contributed by atoms with van der Waals surface area (Å²) in [5.41, 5.74) is 2.78. The third kappa shape index (κ3) is 2.84. The van der Waals surface area contributed by atoms with Crippen LogP contribution in [0.1, 0.15) is 39.2 Å². The fourth-order valence-electron chi connectivity index (χ4n) is 3.09. The van der Waals surface area contributed by atoms with Crippen LogP contribution in [0.5, 0.6) is 0 Å². The molecule has 110 valence electrons. The van der Waals surface area contributed by atoms with Gasteiger partial charge in [0.05, 0.1) is 5.92 Å². The van der Waals surface area contributed by atoms with E-state index < -0.39 is 5.92 Å². The molecule has 0 aromatic heterocycles. The highest BCUT2D eigenvalue weighted by Gasteiger charge is 2.38.